The fraction of sp³-hybridized carbons (Fsp3) is 0.0714. The molecule has 0 fully saturated rings. The first-order chi connectivity index (χ1) is 8.99. The van der Waals surface area contributed by atoms with Gasteiger partial charge in [0.05, 0.1) is 5.02 Å². The molecule has 1 amide bonds. The lowest BCUT2D eigenvalue weighted by Crippen LogP contribution is -2.13. The molecule has 0 aliphatic carbocycles. The van der Waals surface area contributed by atoms with Crippen LogP contribution in [-0.4, -0.2) is 5.91 Å². The number of hydrogen-bond donors (Lipinski definition) is 1. The zero-order valence-electron chi connectivity index (χ0n) is 10.0. The first-order valence-electron chi connectivity index (χ1n) is 5.50. The largest absolute Gasteiger partial charge is 0.322 e. The minimum atomic E-state index is -0.611. The smallest absolute Gasteiger partial charge is 0.255 e. The number of hydrogen-bond acceptors (Lipinski definition) is 1. The molecular formula is C14H10BrClFNO. The van der Waals surface area contributed by atoms with Crippen LogP contribution in [0.1, 0.15) is 15.9 Å². The van der Waals surface area contributed by atoms with Gasteiger partial charge in [0.15, 0.2) is 0 Å². The summed E-state index contributed by atoms with van der Waals surface area (Å²) in [5.74, 6) is -0.989. The third-order valence-electron chi connectivity index (χ3n) is 2.70. The first-order valence-corrected chi connectivity index (χ1v) is 6.67. The fourth-order valence-electron chi connectivity index (χ4n) is 1.57. The zero-order valence-corrected chi connectivity index (χ0v) is 12.3. The van der Waals surface area contributed by atoms with Gasteiger partial charge >= 0.3 is 0 Å². The Bertz CT molecular complexity index is 645. The standard InChI is InChI=1S/C14H10BrClFNO/c1-8-10(15)3-2-4-13(8)18-14(19)9-5-6-11(16)12(17)7-9/h2-7H,1H3,(H,18,19). The molecule has 2 aromatic rings. The van der Waals surface area contributed by atoms with Crippen LogP contribution in [0.5, 0.6) is 0 Å². The summed E-state index contributed by atoms with van der Waals surface area (Å²) in [6.45, 7) is 1.88. The van der Waals surface area contributed by atoms with Gasteiger partial charge in [0.2, 0.25) is 0 Å². The number of halogens is 3. The average Bonchev–Trinajstić information content (AvgIpc) is 2.38. The number of benzene rings is 2. The second-order valence-corrected chi connectivity index (χ2v) is 5.26. The van der Waals surface area contributed by atoms with Crippen LogP contribution in [0.4, 0.5) is 10.1 Å². The van der Waals surface area contributed by atoms with Gasteiger partial charge < -0.3 is 5.32 Å². The zero-order chi connectivity index (χ0) is 14.0. The number of carbonyl (C=O) groups is 1. The van der Waals surface area contributed by atoms with E-state index >= 15 is 0 Å². The molecule has 2 rings (SSSR count). The Morgan fingerprint density at radius 2 is 2.05 bits per heavy atom. The van der Waals surface area contributed by atoms with Crippen LogP contribution in [-0.2, 0) is 0 Å². The number of carbonyl (C=O) groups excluding carboxylic acids is 1. The molecule has 0 unspecified atom stereocenters. The van der Waals surface area contributed by atoms with Gasteiger partial charge in [0.1, 0.15) is 5.82 Å². The van der Waals surface area contributed by atoms with Gasteiger partial charge in [-0.25, -0.2) is 4.39 Å². The summed E-state index contributed by atoms with van der Waals surface area (Å²) >= 11 is 8.96. The molecule has 0 atom stereocenters. The number of amides is 1. The summed E-state index contributed by atoms with van der Waals surface area (Å²) in [4.78, 5) is 12.0. The molecule has 0 bridgehead atoms. The summed E-state index contributed by atoms with van der Waals surface area (Å²) in [6, 6.07) is 9.44. The molecule has 19 heavy (non-hydrogen) atoms. The molecule has 0 radical (unpaired) electrons. The predicted octanol–water partition coefficient (Wildman–Crippen LogP) is 4.80. The average molecular weight is 343 g/mol. The van der Waals surface area contributed by atoms with Crippen molar-refractivity contribution in [1.82, 2.24) is 0 Å². The van der Waals surface area contributed by atoms with Crippen LogP contribution in [0, 0.1) is 12.7 Å². The van der Waals surface area contributed by atoms with Gasteiger partial charge in [-0.15, -0.1) is 0 Å². The molecule has 2 aromatic carbocycles. The van der Waals surface area contributed by atoms with Gasteiger partial charge in [0.25, 0.3) is 5.91 Å². The van der Waals surface area contributed by atoms with Gasteiger partial charge in [-0.3, -0.25) is 4.79 Å². The summed E-state index contributed by atoms with van der Waals surface area (Å²) in [5.41, 5.74) is 1.81. The molecule has 0 aliphatic rings. The maximum Gasteiger partial charge on any atom is 0.255 e. The number of nitrogens with one attached hydrogen (secondary N) is 1. The normalized spacial score (nSPS) is 10.3. The Hall–Kier alpha value is -1.39. The van der Waals surface area contributed by atoms with Crippen molar-refractivity contribution < 1.29 is 9.18 Å². The van der Waals surface area contributed by atoms with E-state index in [1.807, 2.05) is 19.1 Å². The molecule has 0 saturated heterocycles. The van der Waals surface area contributed by atoms with Crippen LogP contribution in [0.15, 0.2) is 40.9 Å². The van der Waals surface area contributed by atoms with Crippen molar-refractivity contribution >= 4 is 39.1 Å². The van der Waals surface area contributed by atoms with E-state index in [9.17, 15) is 9.18 Å². The van der Waals surface area contributed by atoms with Crippen LogP contribution in [0.3, 0.4) is 0 Å². The molecule has 0 aromatic heterocycles. The maximum absolute atomic E-state index is 13.3. The highest BCUT2D eigenvalue weighted by Gasteiger charge is 2.11. The summed E-state index contributed by atoms with van der Waals surface area (Å²) in [6.07, 6.45) is 0. The Labute approximate surface area is 123 Å². The lowest BCUT2D eigenvalue weighted by Gasteiger charge is -2.09. The molecule has 0 aliphatic heterocycles. The molecule has 5 heteroatoms. The van der Waals surface area contributed by atoms with E-state index < -0.39 is 5.82 Å². The number of anilines is 1. The van der Waals surface area contributed by atoms with Crippen molar-refractivity contribution in [3.05, 3.63) is 62.8 Å². The topological polar surface area (TPSA) is 29.1 Å². The minimum Gasteiger partial charge on any atom is -0.322 e. The lowest BCUT2D eigenvalue weighted by atomic mass is 10.1. The SMILES string of the molecule is Cc1c(Br)cccc1NC(=O)c1ccc(Cl)c(F)c1. The highest BCUT2D eigenvalue weighted by molar-refractivity contribution is 9.10. The van der Waals surface area contributed by atoms with Crippen LogP contribution in [0.25, 0.3) is 0 Å². The van der Waals surface area contributed by atoms with Gasteiger partial charge in [-0.1, -0.05) is 33.6 Å². The molecular weight excluding hydrogens is 333 g/mol. The van der Waals surface area contributed by atoms with E-state index in [-0.39, 0.29) is 16.5 Å². The van der Waals surface area contributed by atoms with Crippen LogP contribution < -0.4 is 5.32 Å². The second kappa shape index (κ2) is 5.72. The van der Waals surface area contributed by atoms with Gasteiger partial charge in [-0.05, 0) is 42.8 Å². The molecule has 0 heterocycles. The molecule has 98 valence electrons. The lowest BCUT2D eigenvalue weighted by molar-refractivity contribution is 0.102. The highest BCUT2D eigenvalue weighted by atomic mass is 79.9. The van der Waals surface area contributed by atoms with Crippen LogP contribution >= 0.6 is 27.5 Å². The Morgan fingerprint density at radius 3 is 2.74 bits per heavy atom. The molecule has 0 spiro atoms. The fourth-order valence-corrected chi connectivity index (χ4v) is 2.06. The molecule has 1 N–H and O–H groups in total. The van der Waals surface area contributed by atoms with E-state index in [1.165, 1.54) is 12.1 Å². The summed E-state index contributed by atoms with van der Waals surface area (Å²) < 4.78 is 14.2. The van der Waals surface area contributed by atoms with Crippen molar-refractivity contribution in [2.45, 2.75) is 6.92 Å². The van der Waals surface area contributed by atoms with Crippen molar-refractivity contribution in [2.24, 2.45) is 0 Å². The van der Waals surface area contributed by atoms with E-state index in [1.54, 1.807) is 6.07 Å². The van der Waals surface area contributed by atoms with Crippen molar-refractivity contribution in [1.29, 1.82) is 0 Å². The summed E-state index contributed by atoms with van der Waals surface area (Å²) in [7, 11) is 0. The van der Waals surface area contributed by atoms with E-state index in [4.69, 9.17) is 11.6 Å². The molecule has 0 saturated carbocycles. The third kappa shape index (κ3) is 3.14. The van der Waals surface area contributed by atoms with E-state index in [0.29, 0.717) is 5.69 Å². The van der Waals surface area contributed by atoms with Crippen LogP contribution in [0.2, 0.25) is 5.02 Å². The molecule has 2 nitrogen and oxygen atoms in total. The second-order valence-electron chi connectivity index (χ2n) is 4.00. The van der Waals surface area contributed by atoms with E-state index in [2.05, 4.69) is 21.2 Å². The van der Waals surface area contributed by atoms with Crippen molar-refractivity contribution in [3.63, 3.8) is 0 Å². The Balaban J connectivity index is 2.26. The third-order valence-corrected chi connectivity index (χ3v) is 3.86. The Kier molecular flexibility index (Phi) is 4.22. The maximum atomic E-state index is 13.3. The van der Waals surface area contributed by atoms with Gasteiger partial charge in [0, 0.05) is 15.7 Å². The van der Waals surface area contributed by atoms with Crippen molar-refractivity contribution in [3.8, 4) is 0 Å². The Morgan fingerprint density at radius 1 is 1.32 bits per heavy atom. The van der Waals surface area contributed by atoms with Gasteiger partial charge in [-0.2, -0.15) is 0 Å². The summed E-state index contributed by atoms with van der Waals surface area (Å²) in [5, 5.41) is 2.73. The first kappa shape index (κ1) is 14.0. The quantitative estimate of drug-likeness (QED) is 0.834. The van der Waals surface area contributed by atoms with Crippen molar-refractivity contribution in [2.75, 3.05) is 5.32 Å². The highest BCUT2D eigenvalue weighted by Crippen LogP contribution is 2.24. The predicted molar refractivity (Wildman–Crippen MR) is 78.2 cm³/mol. The monoisotopic (exact) mass is 341 g/mol. The van der Waals surface area contributed by atoms with E-state index in [0.717, 1.165) is 16.1 Å². The minimum absolute atomic E-state index is 0.00446. The number of rotatable bonds is 2.